The van der Waals surface area contributed by atoms with Crippen molar-refractivity contribution in [3.8, 4) is 0 Å². The lowest BCUT2D eigenvalue weighted by Gasteiger charge is -2.35. The first-order chi connectivity index (χ1) is 9.88. The zero-order chi connectivity index (χ0) is 15.6. The van der Waals surface area contributed by atoms with Gasteiger partial charge in [0, 0.05) is 37.8 Å². The number of nitrogens with two attached hydrogens (primary N) is 1. The summed E-state index contributed by atoms with van der Waals surface area (Å²) in [5.41, 5.74) is 8.48. The van der Waals surface area contributed by atoms with Gasteiger partial charge in [0.05, 0.1) is 0 Å². The molecule has 1 aliphatic rings. The van der Waals surface area contributed by atoms with Crippen LogP contribution < -0.4 is 16.0 Å². The molecule has 4 nitrogen and oxygen atoms in total. The molecular formula is C16H24FN3O. The molecule has 0 aromatic heterocycles. The van der Waals surface area contributed by atoms with Crippen LogP contribution in [0.5, 0.6) is 0 Å². The maximum absolute atomic E-state index is 13.8. The summed E-state index contributed by atoms with van der Waals surface area (Å²) in [5.74, 6) is -0.193. The Morgan fingerprint density at radius 2 is 2.05 bits per heavy atom. The van der Waals surface area contributed by atoms with E-state index in [1.165, 1.54) is 0 Å². The van der Waals surface area contributed by atoms with Gasteiger partial charge in [0.25, 0.3) is 0 Å². The highest BCUT2D eigenvalue weighted by atomic mass is 19.1. The van der Waals surface area contributed by atoms with Gasteiger partial charge >= 0.3 is 0 Å². The Morgan fingerprint density at radius 3 is 2.57 bits per heavy atom. The van der Waals surface area contributed by atoms with Gasteiger partial charge in [-0.2, -0.15) is 0 Å². The van der Waals surface area contributed by atoms with E-state index in [-0.39, 0.29) is 23.8 Å². The minimum Gasteiger partial charge on any atom is -0.371 e. The first-order valence-corrected chi connectivity index (χ1v) is 7.46. The molecule has 1 saturated heterocycles. The van der Waals surface area contributed by atoms with E-state index in [9.17, 15) is 9.18 Å². The number of rotatable bonds is 3. The fourth-order valence-electron chi connectivity index (χ4n) is 2.87. The van der Waals surface area contributed by atoms with Crippen LogP contribution in [-0.2, 0) is 4.79 Å². The van der Waals surface area contributed by atoms with Crippen LogP contribution in [0.4, 0.5) is 10.1 Å². The predicted octanol–water partition coefficient (Wildman–Crippen LogP) is 2.26. The molecule has 0 saturated carbocycles. The molecular weight excluding hydrogens is 269 g/mol. The molecule has 2 rings (SSSR count). The fourth-order valence-corrected chi connectivity index (χ4v) is 2.87. The summed E-state index contributed by atoms with van der Waals surface area (Å²) >= 11 is 0. The summed E-state index contributed by atoms with van der Waals surface area (Å²) < 4.78 is 13.8. The second kappa shape index (κ2) is 6.43. The average Bonchev–Trinajstić information content (AvgIpc) is 2.41. The summed E-state index contributed by atoms with van der Waals surface area (Å²) in [6, 6.07) is 3.46. The molecule has 0 aliphatic carbocycles. The van der Waals surface area contributed by atoms with Crippen molar-refractivity contribution in [1.29, 1.82) is 0 Å². The summed E-state index contributed by atoms with van der Waals surface area (Å²) in [7, 11) is 0. The number of halogens is 1. The Hall–Kier alpha value is -1.62. The van der Waals surface area contributed by atoms with E-state index in [2.05, 4.69) is 10.2 Å². The van der Waals surface area contributed by atoms with Crippen LogP contribution in [0.3, 0.4) is 0 Å². The number of nitrogens with zero attached hydrogens (tertiary/aromatic N) is 1. The van der Waals surface area contributed by atoms with E-state index >= 15 is 0 Å². The van der Waals surface area contributed by atoms with Gasteiger partial charge in [-0.3, -0.25) is 4.79 Å². The molecule has 0 spiro atoms. The van der Waals surface area contributed by atoms with Crippen molar-refractivity contribution in [3.05, 3.63) is 29.1 Å². The van der Waals surface area contributed by atoms with Crippen LogP contribution in [-0.4, -0.2) is 25.0 Å². The van der Waals surface area contributed by atoms with Crippen LogP contribution in [0.15, 0.2) is 12.1 Å². The first kappa shape index (κ1) is 15.8. The average molecular weight is 293 g/mol. The number of amides is 1. The first-order valence-electron chi connectivity index (χ1n) is 7.46. The Bertz CT molecular complexity index is 522. The molecule has 1 atom stereocenters. The quantitative estimate of drug-likeness (QED) is 0.898. The zero-order valence-corrected chi connectivity index (χ0v) is 12.9. The molecule has 3 N–H and O–H groups in total. The van der Waals surface area contributed by atoms with Gasteiger partial charge in [-0.25, -0.2) is 4.39 Å². The van der Waals surface area contributed by atoms with E-state index in [1.54, 1.807) is 19.9 Å². The lowest BCUT2D eigenvalue weighted by atomic mass is 9.99. The monoisotopic (exact) mass is 293 g/mol. The number of nitrogens with one attached hydrogen (secondary N) is 1. The maximum Gasteiger partial charge on any atom is 0.217 e. The standard InChI is InChI=1S/C16H24FN3O/c1-10-8-16(14(11(2)18)9-15(10)17)20-6-4-13(5-7-20)19-12(3)21/h8-9,11,13H,4-7,18H2,1-3H3,(H,19,21). The highest BCUT2D eigenvalue weighted by Gasteiger charge is 2.23. The third kappa shape index (κ3) is 3.73. The summed E-state index contributed by atoms with van der Waals surface area (Å²) in [6.45, 7) is 6.88. The Labute approximate surface area is 125 Å². The smallest absolute Gasteiger partial charge is 0.217 e. The number of hydrogen-bond donors (Lipinski definition) is 2. The molecule has 0 bridgehead atoms. The normalized spacial score (nSPS) is 17.7. The van der Waals surface area contributed by atoms with E-state index in [1.807, 2.05) is 13.0 Å². The molecule has 0 radical (unpaired) electrons. The highest BCUT2D eigenvalue weighted by molar-refractivity contribution is 5.73. The Kier molecular flexibility index (Phi) is 4.83. The van der Waals surface area contributed by atoms with Crippen molar-refractivity contribution in [3.63, 3.8) is 0 Å². The van der Waals surface area contributed by atoms with E-state index in [0.29, 0.717) is 5.56 Å². The number of carbonyl (C=O) groups is 1. The fraction of sp³-hybridized carbons (Fsp3) is 0.562. The number of anilines is 1. The van der Waals surface area contributed by atoms with Gasteiger partial charge in [-0.05, 0) is 49.9 Å². The van der Waals surface area contributed by atoms with Crippen molar-refractivity contribution in [2.75, 3.05) is 18.0 Å². The third-order valence-corrected chi connectivity index (χ3v) is 4.04. The van der Waals surface area contributed by atoms with Crippen LogP contribution in [0.25, 0.3) is 0 Å². The van der Waals surface area contributed by atoms with E-state index < -0.39 is 0 Å². The summed E-state index contributed by atoms with van der Waals surface area (Å²) in [5, 5.41) is 2.96. The number of carbonyl (C=O) groups excluding carboxylic acids is 1. The van der Waals surface area contributed by atoms with Gasteiger partial charge in [-0.1, -0.05) is 0 Å². The van der Waals surface area contributed by atoms with Crippen molar-refractivity contribution < 1.29 is 9.18 Å². The molecule has 21 heavy (non-hydrogen) atoms. The molecule has 1 heterocycles. The maximum atomic E-state index is 13.8. The molecule has 1 unspecified atom stereocenters. The molecule has 1 aliphatic heterocycles. The van der Waals surface area contributed by atoms with Crippen molar-refractivity contribution in [2.45, 2.75) is 45.7 Å². The lowest BCUT2D eigenvalue weighted by molar-refractivity contribution is -0.119. The number of aryl methyl sites for hydroxylation is 1. The predicted molar refractivity (Wildman–Crippen MR) is 82.8 cm³/mol. The van der Waals surface area contributed by atoms with Crippen molar-refractivity contribution >= 4 is 11.6 Å². The minimum atomic E-state index is -0.209. The van der Waals surface area contributed by atoms with Gasteiger partial charge < -0.3 is 16.0 Å². The van der Waals surface area contributed by atoms with Gasteiger partial charge in [0.1, 0.15) is 5.82 Å². The van der Waals surface area contributed by atoms with Crippen LogP contribution in [0.1, 0.15) is 43.9 Å². The number of piperidine rings is 1. The third-order valence-electron chi connectivity index (χ3n) is 4.04. The van der Waals surface area contributed by atoms with Gasteiger partial charge in [0.15, 0.2) is 0 Å². The number of hydrogen-bond acceptors (Lipinski definition) is 3. The topological polar surface area (TPSA) is 58.4 Å². The molecule has 5 heteroatoms. The Morgan fingerprint density at radius 1 is 1.43 bits per heavy atom. The highest BCUT2D eigenvalue weighted by Crippen LogP contribution is 2.30. The molecule has 1 aromatic carbocycles. The van der Waals surface area contributed by atoms with E-state index in [4.69, 9.17) is 5.73 Å². The lowest BCUT2D eigenvalue weighted by Crippen LogP contribution is -2.44. The summed E-state index contributed by atoms with van der Waals surface area (Å²) in [4.78, 5) is 13.3. The SMILES string of the molecule is CC(=O)NC1CCN(c2cc(C)c(F)cc2C(C)N)CC1. The largest absolute Gasteiger partial charge is 0.371 e. The van der Waals surface area contributed by atoms with E-state index in [0.717, 1.165) is 37.2 Å². The molecule has 116 valence electrons. The molecule has 1 fully saturated rings. The van der Waals surface area contributed by atoms with Crippen LogP contribution in [0, 0.1) is 12.7 Å². The van der Waals surface area contributed by atoms with Crippen molar-refractivity contribution in [1.82, 2.24) is 5.32 Å². The Balaban J connectivity index is 2.16. The molecule has 1 amide bonds. The number of benzene rings is 1. The second-order valence-electron chi connectivity index (χ2n) is 5.91. The van der Waals surface area contributed by atoms with Crippen LogP contribution >= 0.6 is 0 Å². The minimum absolute atomic E-state index is 0.0161. The van der Waals surface area contributed by atoms with Gasteiger partial charge in [-0.15, -0.1) is 0 Å². The second-order valence-corrected chi connectivity index (χ2v) is 5.91. The summed E-state index contributed by atoms with van der Waals surface area (Å²) in [6.07, 6.45) is 1.79. The zero-order valence-electron chi connectivity index (χ0n) is 12.9. The van der Waals surface area contributed by atoms with Crippen molar-refractivity contribution in [2.24, 2.45) is 5.73 Å². The molecule has 1 aromatic rings. The van der Waals surface area contributed by atoms with Crippen LogP contribution in [0.2, 0.25) is 0 Å². The van der Waals surface area contributed by atoms with Gasteiger partial charge in [0.2, 0.25) is 5.91 Å².